The lowest BCUT2D eigenvalue weighted by Crippen LogP contribution is -2.36. The maximum Gasteiger partial charge on any atom is 0.416 e. The molecule has 33 heavy (non-hydrogen) atoms. The number of halogens is 5. The molecule has 0 saturated heterocycles. The third-order valence-corrected chi connectivity index (χ3v) is 4.77. The predicted molar refractivity (Wildman–Crippen MR) is 117 cm³/mol. The first-order valence-electron chi connectivity index (χ1n) is 9.90. The van der Waals surface area contributed by atoms with Gasteiger partial charge in [0.15, 0.2) is 5.82 Å². The van der Waals surface area contributed by atoms with Gasteiger partial charge >= 0.3 is 6.18 Å². The quantitative estimate of drug-likeness (QED) is 0.190. The highest BCUT2D eigenvalue weighted by Gasteiger charge is 2.31. The van der Waals surface area contributed by atoms with E-state index in [9.17, 15) is 22.4 Å². The highest BCUT2D eigenvalue weighted by Crippen LogP contribution is 2.32. The molecule has 3 N–H and O–H groups in total. The van der Waals surface area contributed by atoms with Crippen LogP contribution >= 0.6 is 11.6 Å². The summed E-state index contributed by atoms with van der Waals surface area (Å²) < 4.78 is 57.9. The maximum absolute atomic E-state index is 13.7. The molecular weight excluding hydrogens is 466 g/mol. The number of nitrogens with zero attached hydrogens (tertiary/aromatic N) is 2. The van der Waals surface area contributed by atoms with Crippen molar-refractivity contribution in [3.05, 3.63) is 58.4 Å². The number of aromatic amines is 1. The number of guanidine groups is 1. The monoisotopic (exact) mass is 485 g/mol. The number of carbonyl (C=O) groups excluding carboxylic acids is 1. The van der Waals surface area contributed by atoms with Crippen LogP contribution in [-0.4, -0.2) is 41.8 Å². The minimum Gasteiger partial charge on any atom is -0.382 e. The molecule has 0 unspecified atom stereocenters. The molecule has 3 aromatic rings. The van der Waals surface area contributed by atoms with E-state index in [4.69, 9.17) is 16.3 Å². The number of alkyl halides is 3. The first kappa shape index (κ1) is 24.5. The summed E-state index contributed by atoms with van der Waals surface area (Å²) in [6, 6.07) is 6.69. The molecule has 0 aliphatic carbocycles. The van der Waals surface area contributed by atoms with E-state index in [0.717, 1.165) is 18.2 Å². The second-order valence-electron chi connectivity index (χ2n) is 6.82. The Morgan fingerprint density at radius 3 is 2.73 bits per heavy atom. The number of amides is 1. The van der Waals surface area contributed by atoms with Crippen molar-refractivity contribution in [2.75, 3.05) is 25.1 Å². The average Bonchev–Trinajstić information content (AvgIpc) is 3.16. The Morgan fingerprint density at radius 2 is 2.03 bits per heavy atom. The fourth-order valence-corrected chi connectivity index (χ4v) is 2.95. The second-order valence-corrected chi connectivity index (χ2v) is 7.23. The number of fused-ring (bicyclic) bond motifs is 1. The van der Waals surface area contributed by atoms with Crippen LogP contribution in [0.4, 0.5) is 23.4 Å². The van der Waals surface area contributed by atoms with Crippen molar-refractivity contribution in [3.63, 3.8) is 0 Å². The summed E-state index contributed by atoms with van der Waals surface area (Å²) in [5.41, 5.74) is -0.676. The molecule has 1 amide bonds. The molecule has 3 rings (SSSR count). The van der Waals surface area contributed by atoms with Gasteiger partial charge in [0.2, 0.25) is 5.96 Å². The highest BCUT2D eigenvalue weighted by molar-refractivity contribution is 6.30. The summed E-state index contributed by atoms with van der Waals surface area (Å²) in [6.45, 7) is 3.13. The number of carbonyl (C=O) groups is 1. The van der Waals surface area contributed by atoms with Crippen LogP contribution in [0.15, 0.2) is 41.4 Å². The number of rotatable bonds is 7. The molecule has 7 nitrogen and oxygen atoms in total. The molecule has 176 valence electrons. The minimum atomic E-state index is -4.50. The first-order valence-corrected chi connectivity index (χ1v) is 10.3. The van der Waals surface area contributed by atoms with Gasteiger partial charge in [-0.1, -0.05) is 11.6 Å². The zero-order valence-corrected chi connectivity index (χ0v) is 18.1. The Hall–Kier alpha value is -3.18. The number of ether oxygens (including phenoxy) is 1. The van der Waals surface area contributed by atoms with Crippen molar-refractivity contribution in [2.24, 2.45) is 4.99 Å². The van der Waals surface area contributed by atoms with Crippen LogP contribution in [0.2, 0.25) is 5.02 Å². The van der Waals surface area contributed by atoms with E-state index in [1.807, 2.05) is 6.92 Å². The van der Waals surface area contributed by atoms with Gasteiger partial charge in [-0.3, -0.25) is 20.2 Å². The van der Waals surface area contributed by atoms with E-state index in [1.54, 1.807) is 0 Å². The average molecular weight is 486 g/mol. The SMILES string of the molecule is CCOCCCN=C(NC(=O)c1ccc(Cl)c(F)c1)Nc1n[nH]c2cc(C(F)(F)F)ccc12. The molecule has 0 spiro atoms. The van der Waals surface area contributed by atoms with E-state index >= 15 is 0 Å². The van der Waals surface area contributed by atoms with Crippen LogP contribution in [0.3, 0.4) is 0 Å². The summed E-state index contributed by atoms with van der Waals surface area (Å²) in [5, 5.41) is 12.1. The van der Waals surface area contributed by atoms with Crippen LogP contribution in [0.1, 0.15) is 29.3 Å². The summed E-state index contributed by atoms with van der Waals surface area (Å²) >= 11 is 5.65. The molecule has 0 saturated carbocycles. The smallest absolute Gasteiger partial charge is 0.382 e. The van der Waals surface area contributed by atoms with E-state index in [-0.39, 0.29) is 34.4 Å². The van der Waals surface area contributed by atoms with Gasteiger partial charge in [-0.2, -0.15) is 18.3 Å². The van der Waals surface area contributed by atoms with Crippen LogP contribution in [0.25, 0.3) is 10.9 Å². The molecule has 1 heterocycles. The Bertz CT molecular complexity index is 1160. The Morgan fingerprint density at radius 1 is 1.24 bits per heavy atom. The van der Waals surface area contributed by atoms with E-state index in [0.29, 0.717) is 25.0 Å². The number of anilines is 1. The molecule has 0 atom stereocenters. The highest BCUT2D eigenvalue weighted by atomic mass is 35.5. The molecule has 0 aliphatic heterocycles. The lowest BCUT2D eigenvalue weighted by molar-refractivity contribution is -0.137. The van der Waals surface area contributed by atoms with Crippen molar-refractivity contribution in [1.82, 2.24) is 15.5 Å². The number of aliphatic imine (C=N–C) groups is 1. The van der Waals surface area contributed by atoms with E-state index in [1.165, 1.54) is 18.2 Å². The topological polar surface area (TPSA) is 91.4 Å². The lowest BCUT2D eigenvalue weighted by Gasteiger charge is -2.11. The van der Waals surface area contributed by atoms with Crippen LogP contribution in [0, 0.1) is 5.82 Å². The zero-order chi connectivity index (χ0) is 24.0. The van der Waals surface area contributed by atoms with Gasteiger partial charge in [0, 0.05) is 30.7 Å². The van der Waals surface area contributed by atoms with Crippen LogP contribution < -0.4 is 10.6 Å². The Kier molecular flexibility index (Phi) is 7.88. The van der Waals surface area contributed by atoms with Gasteiger partial charge in [0.05, 0.1) is 16.1 Å². The summed E-state index contributed by atoms with van der Waals surface area (Å²) in [7, 11) is 0. The molecule has 1 aromatic heterocycles. The third-order valence-electron chi connectivity index (χ3n) is 4.46. The van der Waals surface area contributed by atoms with Crippen molar-refractivity contribution >= 4 is 40.2 Å². The second kappa shape index (κ2) is 10.6. The van der Waals surface area contributed by atoms with Gasteiger partial charge in [-0.15, -0.1) is 0 Å². The zero-order valence-electron chi connectivity index (χ0n) is 17.4. The number of H-pyrrole nitrogens is 1. The molecule has 12 heteroatoms. The number of hydrogen-bond acceptors (Lipinski definition) is 4. The molecular formula is C21H20ClF4N5O2. The number of benzene rings is 2. The standard InChI is InChI=1S/C21H20ClF4N5O2/c1-2-33-9-3-8-27-20(29-19(32)12-4-7-15(22)16(23)10-12)28-18-14-6-5-13(21(24,25)26)11-17(14)30-31-18/h4-7,10-11H,2-3,8-9H2,1H3,(H3,27,28,29,30,31,32). The fraction of sp³-hybridized carbons (Fsp3) is 0.286. The fourth-order valence-electron chi connectivity index (χ4n) is 2.83. The predicted octanol–water partition coefficient (Wildman–Crippen LogP) is 5.00. The summed E-state index contributed by atoms with van der Waals surface area (Å²) in [5.74, 6) is -1.28. The number of aromatic nitrogens is 2. The van der Waals surface area contributed by atoms with Crippen molar-refractivity contribution in [1.29, 1.82) is 0 Å². The van der Waals surface area contributed by atoms with Gasteiger partial charge in [0.25, 0.3) is 5.91 Å². The Balaban J connectivity index is 1.82. The van der Waals surface area contributed by atoms with Crippen LogP contribution in [0.5, 0.6) is 0 Å². The lowest BCUT2D eigenvalue weighted by atomic mass is 10.1. The number of nitrogens with one attached hydrogen (secondary N) is 3. The minimum absolute atomic E-state index is 0.00224. The van der Waals surface area contributed by atoms with E-state index < -0.39 is 23.5 Å². The third kappa shape index (κ3) is 6.42. The molecule has 2 aromatic carbocycles. The van der Waals surface area contributed by atoms with Crippen molar-refractivity contribution < 1.29 is 27.1 Å². The van der Waals surface area contributed by atoms with E-state index in [2.05, 4.69) is 25.8 Å². The maximum atomic E-state index is 13.7. The summed E-state index contributed by atoms with van der Waals surface area (Å²) in [4.78, 5) is 16.9. The molecule has 0 bridgehead atoms. The Labute approximate surface area is 191 Å². The molecule has 0 fully saturated rings. The molecule has 0 aliphatic rings. The van der Waals surface area contributed by atoms with Gasteiger partial charge in [-0.05, 0) is 49.7 Å². The molecule has 0 radical (unpaired) electrons. The largest absolute Gasteiger partial charge is 0.416 e. The summed E-state index contributed by atoms with van der Waals surface area (Å²) in [6.07, 6.45) is -3.94. The van der Waals surface area contributed by atoms with Crippen LogP contribution in [-0.2, 0) is 10.9 Å². The van der Waals surface area contributed by atoms with Gasteiger partial charge in [-0.25, -0.2) is 4.39 Å². The number of hydrogen-bond donors (Lipinski definition) is 3. The normalized spacial score (nSPS) is 12.2. The van der Waals surface area contributed by atoms with Gasteiger partial charge < -0.3 is 10.1 Å². The van der Waals surface area contributed by atoms with Gasteiger partial charge in [0.1, 0.15) is 5.82 Å². The first-order chi connectivity index (χ1) is 15.7. The van der Waals surface area contributed by atoms with Crippen molar-refractivity contribution in [2.45, 2.75) is 19.5 Å². The van der Waals surface area contributed by atoms with Crippen molar-refractivity contribution in [3.8, 4) is 0 Å².